The first-order valence-electron chi connectivity index (χ1n) is 9.47. The minimum atomic E-state index is -4.32. The number of hydrogen-bond donors (Lipinski definition) is 1. The summed E-state index contributed by atoms with van der Waals surface area (Å²) >= 11 is 0. The Labute approximate surface area is 161 Å². The van der Waals surface area contributed by atoms with Gasteiger partial charge in [0, 0.05) is 5.44 Å². The van der Waals surface area contributed by atoms with E-state index in [2.05, 4.69) is 11.9 Å². The number of hydrogen-bond acceptors (Lipinski definition) is 1. The molecule has 0 aromatic heterocycles. The summed E-state index contributed by atoms with van der Waals surface area (Å²) in [5, 5.41) is 2.85. The zero-order chi connectivity index (χ0) is 19.9. The zero-order valence-electron chi connectivity index (χ0n) is 15.5. The molecule has 0 aliphatic heterocycles. The van der Waals surface area contributed by atoms with Gasteiger partial charge in [-0.3, -0.25) is 4.79 Å². The number of carbonyl (C=O) groups is 1. The third-order valence-corrected chi connectivity index (χ3v) is 5.13. The van der Waals surface area contributed by atoms with Crippen molar-refractivity contribution in [3.63, 3.8) is 0 Å². The second-order valence-electron chi connectivity index (χ2n) is 7.39. The third kappa shape index (κ3) is 7.11. The molecule has 143 valence electrons. The molecule has 2 unspecified atom stereocenters. The summed E-state index contributed by atoms with van der Waals surface area (Å²) in [5.41, 5.74) is -0.629. The van der Waals surface area contributed by atoms with E-state index in [1.54, 1.807) is 0 Å². The molecule has 0 bridgehead atoms. The Bertz CT molecular complexity index is 633. The van der Waals surface area contributed by atoms with Crippen molar-refractivity contribution in [3.05, 3.63) is 42.5 Å². The number of benzene rings is 1. The molecule has 27 heavy (non-hydrogen) atoms. The molecule has 2 nitrogen and oxygen atoms in total. The van der Waals surface area contributed by atoms with E-state index < -0.39 is 17.2 Å². The van der Waals surface area contributed by atoms with Gasteiger partial charge in [-0.2, -0.15) is 13.2 Å². The molecule has 1 fully saturated rings. The highest BCUT2D eigenvalue weighted by molar-refractivity contribution is 6.55. The van der Waals surface area contributed by atoms with E-state index >= 15 is 0 Å². The minimum Gasteiger partial charge on any atom is -0.356 e. The molecule has 1 aromatic carbocycles. The van der Waals surface area contributed by atoms with Crippen LogP contribution in [0, 0.1) is 0 Å². The fourth-order valence-corrected chi connectivity index (χ4v) is 3.56. The highest BCUT2D eigenvalue weighted by Crippen LogP contribution is 2.30. The van der Waals surface area contributed by atoms with Gasteiger partial charge in [0.1, 0.15) is 7.85 Å². The van der Waals surface area contributed by atoms with Crippen molar-refractivity contribution in [3.8, 4) is 0 Å². The number of nitrogens with one attached hydrogen (secondary N) is 1. The van der Waals surface area contributed by atoms with E-state index in [1.165, 1.54) is 18.2 Å². The van der Waals surface area contributed by atoms with Crippen molar-refractivity contribution < 1.29 is 18.0 Å². The standard InChI is InChI=1S/C20H25B2F3NO/c1-2-18(27)26-19(21)13-6-4-3-5-7-16(12-14-19)22-17-10-8-15(9-11-17)20(23,24)25/h2,8-11,16H,1,3-7,12-14H2,(H,26,27). The first-order chi connectivity index (χ1) is 12.7. The summed E-state index contributed by atoms with van der Waals surface area (Å²) in [6.07, 6.45) is 4.14. The first kappa shape index (κ1) is 21.6. The molecule has 3 radical (unpaired) electrons. The second-order valence-corrected chi connectivity index (χ2v) is 7.39. The molecular weight excluding hydrogens is 349 g/mol. The molecule has 1 saturated carbocycles. The lowest BCUT2D eigenvalue weighted by Crippen LogP contribution is -2.49. The fourth-order valence-electron chi connectivity index (χ4n) is 3.56. The monoisotopic (exact) mass is 374 g/mol. The molecule has 1 N–H and O–H groups in total. The molecule has 1 aliphatic rings. The molecule has 2 rings (SSSR count). The molecule has 0 spiro atoms. The molecule has 1 amide bonds. The smallest absolute Gasteiger partial charge is 0.356 e. The fraction of sp³-hybridized carbons (Fsp3) is 0.550. The van der Waals surface area contributed by atoms with Gasteiger partial charge >= 0.3 is 6.18 Å². The lowest BCUT2D eigenvalue weighted by Gasteiger charge is -2.34. The van der Waals surface area contributed by atoms with Gasteiger partial charge in [-0.15, -0.1) is 0 Å². The largest absolute Gasteiger partial charge is 0.416 e. The van der Waals surface area contributed by atoms with Gasteiger partial charge in [0.15, 0.2) is 7.28 Å². The summed E-state index contributed by atoms with van der Waals surface area (Å²) in [5.74, 6) is -0.0683. The van der Waals surface area contributed by atoms with Crippen LogP contribution in [0.2, 0.25) is 5.82 Å². The predicted molar refractivity (Wildman–Crippen MR) is 104 cm³/mol. The Morgan fingerprint density at radius 1 is 1.15 bits per heavy atom. The molecule has 0 saturated heterocycles. The van der Waals surface area contributed by atoms with Crippen LogP contribution in [0.15, 0.2) is 36.9 Å². The maximum Gasteiger partial charge on any atom is 0.416 e. The molecular formula is C20H25B2F3NO. The van der Waals surface area contributed by atoms with Crippen LogP contribution in [0.1, 0.15) is 56.9 Å². The lowest BCUT2D eigenvalue weighted by molar-refractivity contribution is -0.137. The van der Waals surface area contributed by atoms with Crippen LogP contribution in [0.3, 0.4) is 0 Å². The van der Waals surface area contributed by atoms with Gasteiger partial charge in [0.25, 0.3) is 0 Å². The number of carbonyl (C=O) groups excluding carboxylic acids is 1. The van der Waals surface area contributed by atoms with Crippen molar-refractivity contribution in [2.24, 2.45) is 0 Å². The molecule has 0 heterocycles. The average molecular weight is 374 g/mol. The summed E-state index contributed by atoms with van der Waals surface area (Å²) in [6, 6.07) is 5.25. The average Bonchev–Trinajstić information content (AvgIpc) is 2.62. The Morgan fingerprint density at radius 3 is 2.44 bits per heavy atom. The van der Waals surface area contributed by atoms with Crippen LogP contribution >= 0.6 is 0 Å². The van der Waals surface area contributed by atoms with Gasteiger partial charge < -0.3 is 5.32 Å². The van der Waals surface area contributed by atoms with Crippen molar-refractivity contribution in [2.75, 3.05) is 0 Å². The van der Waals surface area contributed by atoms with Gasteiger partial charge in [0.05, 0.1) is 5.56 Å². The SMILES string of the molecule is [B]C1(NC(=O)C=C)CCCCCCC([B]c2ccc(C(F)(F)F)cc2)CC1. The van der Waals surface area contributed by atoms with Gasteiger partial charge in [-0.25, -0.2) is 0 Å². The zero-order valence-corrected chi connectivity index (χ0v) is 15.5. The van der Waals surface area contributed by atoms with Crippen molar-refractivity contribution >= 4 is 26.5 Å². The predicted octanol–water partition coefficient (Wildman–Crippen LogP) is 4.12. The van der Waals surface area contributed by atoms with Crippen LogP contribution in [-0.2, 0) is 11.0 Å². The summed E-state index contributed by atoms with van der Waals surface area (Å²) in [6.45, 7) is 3.47. The highest BCUT2D eigenvalue weighted by atomic mass is 19.4. The Balaban J connectivity index is 2.03. The van der Waals surface area contributed by atoms with E-state index in [1.807, 2.05) is 7.28 Å². The van der Waals surface area contributed by atoms with Gasteiger partial charge in [0.2, 0.25) is 5.91 Å². The summed E-state index contributed by atoms with van der Waals surface area (Å²) in [7, 11) is 8.46. The molecule has 7 heteroatoms. The quantitative estimate of drug-likeness (QED) is 0.624. The van der Waals surface area contributed by atoms with Crippen LogP contribution in [0.25, 0.3) is 0 Å². The van der Waals surface area contributed by atoms with Crippen molar-refractivity contribution in [1.29, 1.82) is 0 Å². The Kier molecular flexibility index (Phi) is 7.63. The van der Waals surface area contributed by atoms with Gasteiger partial charge in [-0.05, 0) is 18.9 Å². The molecule has 1 aliphatic carbocycles. The third-order valence-electron chi connectivity index (χ3n) is 5.13. The van der Waals surface area contributed by atoms with E-state index in [4.69, 9.17) is 7.85 Å². The summed E-state index contributed by atoms with van der Waals surface area (Å²) < 4.78 is 38.1. The minimum absolute atomic E-state index is 0.211. The maximum atomic E-state index is 12.7. The first-order valence-corrected chi connectivity index (χ1v) is 9.47. The van der Waals surface area contributed by atoms with Crippen LogP contribution in [-0.4, -0.2) is 26.5 Å². The lowest BCUT2D eigenvalue weighted by atomic mass is 9.54. The van der Waals surface area contributed by atoms with Crippen LogP contribution in [0.4, 0.5) is 13.2 Å². The van der Waals surface area contributed by atoms with E-state index in [-0.39, 0.29) is 11.7 Å². The molecule has 1 aromatic rings. The normalized spacial score (nSPS) is 24.6. The molecule has 2 atom stereocenters. The van der Waals surface area contributed by atoms with Crippen LogP contribution < -0.4 is 10.8 Å². The van der Waals surface area contributed by atoms with Crippen molar-refractivity contribution in [1.82, 2.24) is 5.32 Å². The number of alkyl halides is 3. The number of halogens is 3. The van der Waals surface area contributed by atoms with E-state index in [9.17, 15) is 18.0 Å². The second kappa shape index (κ2) is 9.52. The van der Waals surface area contributed by atoms with Crippen molar-refractivity contribution in [2.45, 2.75) is 68.8 Å². The maximum absolute atomic E-state index is 12.7. The number of amides is 1. The van der Waals surface area contributed by atoms with E-state index in [0.717, 1.165) is 56.1 Å². The Hall–Kier alpha value is -1.65. The van der Waals surface area contributed by atoms with Gasteiger partial charge in [-0.1, -0.05) is 80.6 Å². The Morgan fingerprint density at radius 2 is 1.81 bits per heavy atom. The number of rotatable bonds is 4. The van der Waals surface area contributed by atoms with Crippen LogP contribution in [0.5, 0.6) is 0 Å². The summed E-state index contributed by atoms with van der Waals surface area (Å²) in [4.78, 5) is 11.7. The van der Waals surface area contributed by atoms with E-state index in [0.29, 0.717) is 12.8 Å². The highest BCUT2D eigenvalue weighted by Gasteiger charge is 2.30. The topological polar surface area (TPSA) is 29.1 Å².